The average Bonchev–Trinajstić information content (AvgIpc) is 3.15. The Balaban J connectivity index is 1.80. The minimum Gasteiger partial charge on any atom is -0.395 e. The molecule has 2 unspecified atom stereocenters. The quantitative estimate of drug-likeness (QED) is 0.710. The molecule has 1 heterocycles. The maximum absolute atomic E-state index is 9.53. The zero-order valence-corrected chi connectivity index (χ0v) is 10.8. The fourth-order valence-corrected chi connectivity index (χ4v) is 2.82. The van der Waals surface area contributed by atoms with Gasteiger partial charge in [0.1, 0.15) is 0 Å². The van der Waals surface area contributed by atoms with Crippen molar-refractivity contribution in [2.75, 3.05) is 33.4 Å². The van der Waals surface area contributed by atoms with Crippen LogP contribution in [0.4, 0.5) is 0 Å². The number of nitrogens with two attached hydrogens (primary N) is 1. The van der Waals surface area contributed by atoms with Crippen molar-refractivity contribution < 1.29 is 9.84 Å². The van der Waals surface area contributed by atoms with Gasteiger partial charge in [-0.2, -0.15) is 0 Å². The molecular weight excluding hydrogens is 216 g/mol. The molecule has 3 N–H and O–H groups in total. The Labute approximate surface area is 104 Å². The molecular formula is C13H26N2O2. The molecule has 0 spiro atoms. The van der Waals surface area contributed by atoms with Crippen molar-refractivity contribution in [1.29, 1.82) is 0 Å². The van der Waals surface area contributed by atoms with Crippen LogP contribution in [-0.2, 0) is 4.74 Å². The molecule has 1 aliphatic carbocycles. The fourth-order valence-electron chi connectivity index (χ4n) is 2.82. The summed E-state index contributed by atoms with van der Waals surface area (Å²) in [7, 11) is 2.10. The minimum absolute atomic E-state index is 0.130. The van der Waals surface area contributed by atoms with Crippen molar-refractivity contribution in [3.63, 3.8) is 0 Å². The Hall–Kier alpha value is -0.160. The van der Waals surface area contributed by atoms with Crippen LogP contribution in [0.5, 0.6) is 0 Å². The van der Waals surface area contributed by atoms with E-state index in [-0.39, 0.29) is 18.7 Å². The van der Waals surface area contributed by atoms with Gasteiger partial charge >= 0.3 is 0 Å². The Bertz CT molecular complexity index is 227. The molecule has 2 rings (SSSR count). The van der Waals surface area contributed by atoms with Crippen LogP contribution in [0.15, 0.2) is 0 Å². The lowest BCUT2D eigenvalue weighted by molar-refractivity contribution is 0.0398. The third-order valence-corrected chi connectivity index (χ3v) is 4.25. The van der Waals surface area contributed by atoms with Crippen LogP contribution in [0.1, 0.15) is 25.7 Å². The molecule has 2 aliphatic rings. The van der Waals surface area contributed by atoms with E-state index in [1.807, 2.05) is 0 Å². The molecule has 0 aromatic heterocycles. The largest absolute Gasteiger partial charge is 0.395 e. The van der Waals surface area contributed by atoms with Gasteiger partial charge in [0, 0.05) is 31.8 Å². The minimum atomic E-state index is 0.130. The van der Waals surface area contributed by atoms with Crippen LogP contribution in [-0.4, -0.2) is 55.5 Å². The first-order valence-corrected chi connectivity index (χ1v) is 6.86. The molecule has 2 fully saturated rings. The van der Waals surface area contributed by atoms with Gasteiger partial charge in [0.2, 0.25) is 0 Å². The van der Waals surface area contributed by atoms with Crippen molar-refractivity contribution in [1.82, 2.24) is 4.90 Å². The predicted molar refractivity (Wildman–Crippen MR) is 67.7 cm³/mol. The second-order valence-electron chi connectivity index (χ2n) is 5.66. The van der Waals surface area contributed by atoms with E-state index in [2.05, 4.69) is 11.9 Å². The van der Waals surface area contributed by atoms with E-state index in [0.29, 0.717) is 11.8 Å². The van der Waals surface area contributed by atoms with Crippen molar-refractivity contribution in [3.05, 3.63) is 0 Å². The first-order valence-electron chi connectivity index (χ1n) is 6.86. The molecule has 0 radical (unpaired) electrons. The molecule has 2 atom stereocenters. The second-order valence-corrected chi connectivity index (χ2v) is 5.66. The Morgan fingerprint density at radius 3 is 2.47 bits per heavy atom. The molecule has 17 heavy (non-hydrogen) atoms. The summed E-state index contributed by atoms with van der Waals surface area (Å²) in [6.07, 6.45) is 4.76. The summed E-state index contributed by atoms with van der Waals surface area (Å²) in [6.45, 7) is 2.99. The van der Waals surface area contributed by atoms with Crippen molar-refractivity contribution in [2.24, 2.45) is 17.6 Å². The highest BCUT2D eigenvalue weighted by Gasteiger charge is 2.35. The number of hydrogen-bond donors (Lipinski definition) is 2. The van der Waals surface area contributed by atoms with E-state index in [4.69, 9.17) is 10.5 Å². The number of nitrogens with zero attached hydrogens (tertiary/aromatic N) is 1. The lowest BCUT2D eigenvalue weighted by Crippen LogP contribution is -2.51. The van der Waals surface area contributed by atoms with E-state index < -0.39 is 0 Å². The predicted octanol–water partition coefficient (Wildman–Crippen LogP) is 0.443. The molecule has 0 bridgehead atoms. The molecule has 0 amide bonds. The van der Waals surface area contributed by atoms with Gasteiger partial charge in [0.15, 0.2) is 0 Å². The van der Waals surface area contributed by atoms with Crippen LogP contribution >= 0.6 is 0 Å². The monoisotopic (exact) mass is 242 g/mol. The molecule has 4 nitrogen and oxygen atoms in total. The molecule has 0 aromatic carbocycles. The Morgan fingerprint density at radius 1 is 1.29 bits per heavy atom. The molecule has 1 aliphatic heterocycles. The second kappa shape index (κ2) is 6.14. The van der Waals surface area contributed by atoms with Crippen molar-refractivity contribution in [2.45, 2.75) is 37.8 Å². The van der Waals surface area contributed by atoms with E-state index in [0.717, 1.165) is 32.6 Å². The summed E-state index contributed by atoms with van der Waals surface area (Å²) in [5, 5.41) is 9.53. The van der Waals surface area contributed by atoms with E-state index in [1.54, 1.807) is 0 Å². The zero-order chi connectivity index (χ0) is 12.3. The van der Waals surface area contributed by atoms with Gasteiger partial charge in [-0.05, 0) is 44.6 Å². The van der Waals surface area contributed by atoms with E-state index in [1.165, 1.54) is 12.8 Å². The summed E-state index contributed by atoms with van der Waals surface area (Å²) in [4.78, 5) is 2.26. The molecule has 0 aromatic rings. The molecule has 100 valence electrons. The first-order chi connectivity index (χ1) is 8.22. The van der Waals surface area contributed by atoms with Crippen molar-refractivity contribution >= 4 is 0 Å². The maximum atomic E-state index is 9.53. The Morgan fingerprint density at radius 2 is 1.94 bits per heavy atom. The van der Waals surface area contributed by atoms with Crippen molar-refractivity contribution in [3.8, 4) is 0 Å². The standard InChI is InChI=1S/C13H26N2O2/c1-15(8-10-4-6-17-7-5-10)12(9-16)13(14)11-2-3-11/h10-13,16H,2-9,14H2,1H3. The number of hydrogen-bond acceptors (Lipinski definition) is 4. The number of likely N-dealkylation sites (N-methyl/N-ethyl adjacent to an activating group) is 1. The highest BCUT2D eigenvalue weighted by Crippen LogP contribution is 2.34. The van der Waals surface area contributed by atoms with Gasteiger partial charge in [-0.3, -0.25) is 4.90 Å². The smallest absolute Gasteiger partial charge is 0.0601 e. The summed E-state index contributed by atoms with van der Waals surface area (Å²) >= 11 is 0. The summed E-state index contributed by atoms with van der Waals surface area (Å²) in [6, 6.07) is 0.273. The molecule has 4 heteroatoms. The maximum Gasteiger partial charge on any atom is 0.0601 e. The van der Waals surface area contributed by atoms with Gasteiger partial charge in [0.25, 0.3) is 0 Å². The normalized spacial score (nSPS) is 26.1. The van der Waals surface area contributed by atoms with E-state index >= 15 is 0 Å². The topological polar surface area (TPSA) is 58.7 Å². The number of ether oxygens (including phenoxy) is 1. The Kier molecular flexibility index (Phi) is 4.79. The van der Waals surface area contributed by atoms with Gasteiger partial charge in [-0.25, -0.2) is 0 Å². The summed E-state index contributed by atoms with van der Waals surface area (Å²) in [5.41, 5.74) is 6.21. The van der Waals surface area contributed by atoms with E-state index in [9.17, 15) is 5.11 Å². The lowest BCUT2D eigenvalue weighted by Gasteiger charge is -2.35. The van der Waals surface area contributed by atoms with Crippen LogP contribution < -0.4 is 5.73 Å². The highest BCUT2D eigenvalue weighted by molar-refractivity contribution is 4.92. The molecule has 1 saturated carbocycles. The zero-order valence-electron chi connectivity index (χ0n) is 10.8. The third-order valence-electron chi connectivity index (χ3n) is 4.25. The number of aliphatic hydroxyl groups is 1. The average molecular weight is 242 g/mol. The third kappa shape index (κ3) is 3.65. The number of rotatable bonds is 6. The van der Waals surface area contributed by atoms with Gasteiger partial charge < -0.3 is 15.6 Å². The van der Waals surface area contributed by atoms with Gasteiger partial charge in [-0.1, -0.05) is 0 Å². The van der Waals surface area contributed by atoms with Crippen LogP contribution in [0.3, 0.4) is 0 Å². The molecule has 1 saturated heterocycles. The van der Waals surface area contributed by atoms with Gasteiger partial charge in [-0.15, -0.1) is 0 Å². The summed E-state index contributed by atoms with van der Waals surface area (Å²) in [5.74, 6) is 1.35. The SMILES string of the molecule is CN(CC1CCOCC1)C(CO)C(N)C1CC1. The van der Waals surface area contributed by atoms with Crippen LogP contribution in [0.2, 0.25) is 0 Å². The number of aliphatic hydroxyl groups excluding tert-OH is 1. The highest BCUT2D eigenvalue weighted by atomic mass is 16.5. The van der Waals surface area contributed by atoms with Crippen LogP contribution in [0, 0.1) is 11.8 Å². The van der Waals surface area contributed by atoms with Gasteiger partial charge in [0.05, 0.1) is 6.61 Å². The lowest BCUT2D eigenvalue weighted by atomic mass is 9.97. The summed E-state index contributed by atoms with van der Waals surface area (Å²) < 4.78 is 5.37. The first kappa shape index (κ1) is 13.3. The van der Waals surface area contributed by atoms with Crippen LogP contribution in [0.25, 0.3) is 0 Å². The fraction of sp³-hybridized carbons (Fsp3) is 1.00.